The van der Waals surface area contributed by atoms with E-state index in [9.17, 15) is 4.39 Å². The third kappa shape index (κ3) is 4.07. The highest BCUT2D eigenvalue weighted by molar-refractivity contribution is 6.20. The van der Waals surface area contributed by atoms with Gasteiger partial charge in [0, 0.05) is 0 Å². The summed E-state index contributed by atoms with van der Waals surface area (Å²) in [7, 11) is 0. The zero-order valence-corrected chi connectivity index (χ0v) is 13.6. The lowest BCUT2D eigenvalue weighted by Gasteiger charge is -2.23. The Morgan fingerprint density at radius 3 is 2.33 bits per heavy atom. The Balaban J connectivity index is 2.11. The first-order valence-corrected chi connectivity index (χ1v) is 7.85. The Kier molecular flexibility index (Phi) is 5.05. The van der Waals surface area contributed by atoms with Crippen molar-refractivity contribution in [1.29, 1.82) is 0 Å². The summed E-state index contributed by atoms with van der Waals surface area (Å²) in [5, 5.41) is -0.134. The molecule has 0 spiro atoms. The van der Waals surface area contributed by atoms with Crippen LogP contribution in [0.25, 0.3) is 0 Å². The van der Waals surface area contributed by atoms with E-state index in [4.69, 9.17) is 11.6 Å². The van der Waals surface area contributed by atoms with Gasteiger partial charge in [-0.3, -0.25) is 0 Å². The van der Waals surface area contributed by atoms with E-state index in [-0.39, 0.29) is 16.6 Å². The van der Waals surface area contributed by atoms with Crippen molar-refractivity contribution in [3.05, 3.63) is 71.0 Å². The van der Waals surface area contributed by atoms with Gasteiger partial charge >= 0.3 is 0 Å². The van der Waals surface area contributed by atoms with E-state index in [1.165, 1.54) is 11.6 Å². The van der Waals surface area contributed by atoms with Crippen LogP contribution in [-0.4, -0.2) is 0 Å². The van der Waals surface area contributed by atoms with Crippen LogP contribution >= 0.6 is 11.6 Å². The van der Waals surface area contributed by atoms with E-state index in [0.29, 0.717) is 6.42 Å². The fourth-order valence-electron chi connectivity index (χ4n) is 2.34. The molecular formula is C19H22ClF. The molecule has 112 valence electrons. The molecule has 2 heteroatoms. The van der Waals surface area contributed by atoms with Crippen LogP contribution in [0.3, 0.4) is 0 Å². The molecule has 0 heterocycles. The Bertz CT molecular complexity index is 587. The molecule has 2 aromatic carbocycles. The van der Waals surface area contributed by atoms with Crippen LogP contribution in [0.15, 0.2) is 48.5 Å². The molecule has 0 amide bonds. The molecular weight excluding hydrogens is 283 g/mol. The topological polar surface area (TPSA) is 0 Å². The van der Waals surface area contributed by atoms with Crippen molar-refractivity contribution in [2.75, 3.05) is 0 Å². The summed E-state index contributed by atoms with van der Waals surface area (Å²) >= 11 is 6.47. The van der Waals surface area contributed by atoms with Crippen LogP contribution in [0.5, 0.6) is 0 Å². The van der Waals surface area contributed by atoms with Gasteiger partial charge < -0.3 is 0 Å². The van der Waals surface area contributed by atoms with Gasteiger partial charge in [-0.2, -0.15) is 0 Å². The lowest BCUT2D eigenvalue weighted by molar-refractivity contribution is 0.506. The molecule has 21 heavy (non-hydrogen) atoms. The summed E-state index contributed by atoms with van der Waals surface area (Å²) in [6.45, 7) is 6.68. The number of hydrogen-bond donors (Lipinski definition) is 0. The van der Waals surface area contributed by atoms with Crippen molar-refractivity contribution in [2.24, 2.45) is 0 Å². The molecule has 2 aromatic rings. The molecule has 1 atom stereocenters. The van der Waals surface area contributed by atoms with E-state index in [1.807, 2.05) is 6.07 Å². The molecule has 0 fully saturated rings. The minimum Gasteiger partial charge on any atom is -0.207 e. The number of halogens is 2. The summed E-state index contributed by atoms with van der Waals surface area (Å²) in [6, 6.07) is 15.1. The van der Waals surface area contributed by atoms with Crippen molar-refractivity contribution in [2.45, 2.75) is 44.4 Å². The van der Waals surface area contributed by atoms with E-state index >= 15 is 0 Å². The Hall–Kier alpha value is -1.34. The van der Waals surface area contributed by atoms with Crippen LogP contribution in [0.1, 0.15) is 49.3 Å². The molecule has 0 radical (unpaired) electrons. The van der Waals surface area contributed by atoms with Crippen molar-refractivity contribution in [3.8, 4) is 0 Å². The first-order chi connectivity index (χ1) is 9.92. The minimum absolute atomic E-state index is 0.134. The van der Waals surface area contributed by atoms with Gasteiger partial charge in [0.25, 0.3) is 0 Å². The zero-order valence-electron chi connectivity index (χ0n) is 12.9. The van der Waals surface area contributed by atoms with Crippen LogP contribution < -0.4 is 0 Å². The number of rotatable bonds is 5. The van der Waals surface area contributed by atoms with Crippen LogP contribution in [0, 0.1) is 5.82 Å². The predicted molar refractivity (Wildman–Crippen MR) is 88.5 cm³/mol. The standard InChI is InChI=1S/C19H22ClF/c1-4-19(2,3)16-10-8-15(9-11-16)18(20)13-14-6-5-7-17(21)12-14/h5-12,18H,4,13H2,1-3H3. The average molecular weight is 305 g/mol. The Labute approximate surface area is 132 Å². The first kappa shape index (κ1) is 16.0. The third-order valence-corrected chi connectivity index (χ3v) is 4.65. The number of benzene rings is 2. The second kappa shape index (κ2) is 6.62. The van der Waals surface area contributed by atoms with Gasteiger partial charge in [0.2, 0.25) is 0 Å². The molecule has 0 N–H and O–H groups in total. The summed E-state index contributed by atoms with van der Waals surface area (Å²) in [4.78, 5) is 0. The highest BCUT2D eigenvalue weighted by Gasteiger charge is 2.18. The van der Waals surface area contributed by atoms with E-state index in [2.05, 4.69) is 45.0 Å². The third-order valence-electron chi connectivity index (χ3n) is 4.24. The van der Waals surface area contributed by atoms with Crippen molar-refractivity contribution < 1.29 is 4.39 Å². The normalized spacial score (nSPS) is 13.2. The molecule has 0 bridgehead atoms. The predicted octanol–water partition coefficient (Wildman–Crippen LogP) is 6.04. The molecule has 2 rings (SSSR count). The van der Waals surface area contributed by atoms with Gasteiger partial charge in [0.05, 0.1) is 5.38 Å². The number of hydrogen-bond acceptors (Lipinski definition) is 0. The number of alkyl halides is 1. The van der Waals surface area contributed by atoms with Crippen molar-refractivity contribution in [3.63, 3.8) is 0 Å². The highest BCUT2D eigenvalue weighted by atomic mass is 35.5. The molecule has 0 aliphatic heterocycles. The minimum atomic E-state index is -0.212. The second-order valence-corrected chi connectivity index (χ2v) is 6.69. The Morgan fingerprint density at radius 2 is 1.76 bits per heavy atom. The molecule has 0 aliphatic carbocycles. The largest absolute Gasteiger partial charge is 0.207 e. The quantitative estimate of drug-likeness (QED) is 0.591. The van der Waals surface area contributed by atoms with E-state index in [0.717, 1.165) is 17.5 Å². The molecule has 0 saturated carbocycles. The second-order valence-electron chi connectivity index (χ2n) is 6.16. The summed E-state index contributed by atoms with van der Waals surface area (Å²) in [5.41, 5.74) is 3.51. The maximum atomic E-state index is 13.2. The fourth-order valence-corrected chi connectivity index (χ4v) is 2.66. The highest BCUT2D eigenvalue weighted by Crippen LogP contribution is 2.30. The summed E-state index contributed by atoms with van der Waals surface area (Å²) < 4.78 is 13.2. The van der Waals surface area contributed by atoms with Gasteiger partial charge in [-0.15, -0.1) is 11.6 Å². The van der Waals surface area contributed by atoms with Crippen molar-refractivity contribution >= 4 is 11.6 Å². The molecule has 1 unspecified atom stereocenters. The van der Waals surface area contributed by atoms with Crippen LogP contribution in [-0.2, 0) is 11.8 Å². The molecule has 0 aromatic heterocycles. The lowest BCUT2D eigenvalue weighted by Crippen LogP contribution is -2.15. The van der Waals surface area contributed by atoms with Gasteiger partial charge in [-0.25, -0.2) is 4.39 Å². The Morgan fingerprint density at radius 1 is 1.10 bits per heavy atom. The maximum Gasteiger partial charge on any atom is 0.123 e. The van der Waals surface area contributed by atoms with Crippen LogP contribution in [0.4, 0.5) is 4.39 Å². The summed E-state index contributed by atoms with van der Waals surface area (Å²) in [5.74, 6) is -0.212. The molecule has 0 nitrogen and oxygen atoms in total. The SMILES string of the molecule is CCC(C)(C)c1ccc(C(Cl)Cc2cccc(F)c2)cc1. The van der Waals surface area contributed by atoms with Gasteiger partial charge in [-0.05, 0) is 47.1 Å². The molecule has 0 saturated heterocycles. The zero-order chi connectivity index (χ0) is 15.5. The maximum absolute atomic E-state index is 13.2. The van der Waals surface area contributed by atoms with Crippen LogP contribution in [0.2, 0.25) is 0 Å². The average Bonchev–Trinajstić information content (AvgIpc) is 2.47. The van der Waals surface area contributed by atoms with E-state index < -0.39 is 0 Å². The lowest BCUT2D eigenvalue weighted by atomic mass is 9.82. The monoisotopic (exact) mass is 304 g/mol. The summed E-state index contributed by atoms with van der Waals surface area (Å²) in [6.07, 6.45) is 1.73. The van der Waals surface area contributed by atoms with Gasteiger partial charge in [0.1, 0.15) is 5.82 Å². The van der Waals surface area contributed by atoms with E-state index in [1.54, 1.807) is 12.1 Å². The first-order valence-electron chi connectivity index (χ1n) is 7.41. The van der Waals surface area contributed by atoms with Gasteiger partial charge in [0.15, 0.2) is 0 Å². The van der Waals surface area contributed by atoms with Gasteiger partial charge in [-0.1, -0.05) is 57.2 Å². The molecule has 0 aliphatic rings. The smallest absolute Gasteiger partial charge is 0.123 e. The fraction of sp³-hybridized carbons (Fsp3) is 0.368. The van der Waals surface area contributed by atoms with Crippen molar-refractivity contribution in [1.82, 2.24) is 0 Å².